The number of hydrogen-bond acceptors (Lipinski definition) is 1. The van der Waals surface area contributed by atoms with E-state index < -0.39 is 0 Å². The Morgan fingerprint density at radius 1 is 1.38 bits per heavy atom. The third-order valence-corrected chi connectivity index (χ3v) is 1.59. The van der Waals surface area contributed by atoms with Gasteiger partial charge in [-0.3, -0.25) is 0 Å². The quantitative estimate of drug-likeness (QED) is 0.509. The van der Waals surface area contributed by atoms with Gasteiger partial charge in [0.1, 0.15) is 6.04 Å². The summed E-state index contributed by atoms with van der Waals surface area (Å²) in [7, 11) is 6.21. The van der Waals surface area contributed by atoms with Crippen LogP contribution in [0.15, 0.2) is 0 Å². The molecule has 0 rings (SSSR count). The maximum absolute atomic E-state index is 8.65. The predicted molar refractivity (Wildman–Crippen MR) is 34.6 cm³/mol. The van der Waals surface area contributed by atoms with E-state index in [1.54, 1.807) is 0 Å². The van der Waals surface area contributed by atoms with Gasteiger partial charge in [0.25, 0.3) is 0 Å². The molecule has 1 atom stereocenters. The Balaban J connectivity index is 3.62. The van der Waals surface area contributed by atoms with E-state index in [2.05, 4.69) is 21.1 Å². The highest BCUT2D eigenvalue weighted by molar-refractivity contribution is 4.41. The van der Waals surface area contributed by atoms with Crippen LogP contribution in [0, 0.1) is 0 Å². The Kier molecular flexibility index (Phi) is 2.44. The molecule has 2 nitrogen and oxygen atoms in total. The third kappa shape index (κ3) is 2.28. The monoisotopic (exact) mass is 118 g/mol. The van der Waals surface area contributed by atoms with Crippen LogP contribution in [-0.2, 0) is 0 Å². The normalized spacial score (nSPS) is 16.1. The molecule has 0 aliphatic carbocycles. The summed E-state index contributed by atoms with van der Waals surface area (Å²) >= 11 is 0. The molecule has 1 N–H and O–H groups in total. The van der Waals surface area contributed by atoms with Crippen molar-refractivity contribution in [3.8, 4) is 0 Å². The van der Waals surface area contributed by atoms with Crippen molar-refractivity contribution in [2.45, 2.75) is 13.0 Å². The molecule has 0 unspecified atom stereocenters. The van der Waals surface area contributed by atoms with Crippen LogP contribution >= 0.6 is 0 Å². The first kappa shape index (κ1) is 7.92. The Bertz CT molecular complexity index is 65.4. The number of quaternary nitrogens is 1. The average Bonchev–Trinajstić information content (AvgIpc) is 1.62. The largest absolute Gasteiger partial charge is 0.390 e. The van der Waals surface area contributed by atoms with Gasteiger partial charge in [0.05, 0.1) is 27.7 Å². The fourth-order valence-electron chi connectivity index (χ4n) is 0.245. The molecule has 0 spiro atoms. The smallest absolute Gasteiger partial charge is 0.109 e. The summed E-state index contributed by atoms with van der Waals surface area (Å²) < 4.78 is 0.830. The van der Waals surface area contributed by atoms with Gasteiger partial charge in [-0.2, -0.15) is 0 Å². The molecule has 0 amide bonds. The predicted octanol–water partition coefficient (Wildman–Crippen LogP) is 0.0734. The Hall–Kier alpha value is -0.0800. The lowest BCUT2D eigenvalue weighted by Crippen LogP contribution is -2.45. The molecule has 0 fully saturated rings. The number of rotatable bonds is 2. The van der Waals surface area contributed by atoms with Crippen molar-refractivity contribution < 1.29 is 9.59 Å². The fourth-order valence-corrected chi connectivity index (χ4v) is 0.245. The minimum absolute atomic E-state index is 0.267. The summed E-state index contributed by atoms with van der Waals surface area (Å²) in [5, 5.41) is 8.65. The zero-order chi connectivity index (χ0) is 6.78. The first-order chi connectivity index (χ1) is 3.48. The summed E-state index contributed by atoms with van der Waals surface area (Å²) in [6, 6.07) is 0.343. The Morgan fingerprint density at radius 2 is 1.75 bits per heavy atom. The van der Waals surface area contributed by atoms with Gasteiger partial charge in [-0.25, -0.2) is 0 Å². The number of likely N-dealkylation sites (N-methyl/N-ethyl adjacent to an activating group) is 1. The van der Waals surface area contributed by atoms with Crippen molar-refractivity contribution in [1.82, 2.24) is 0 Å². The first-order valence-electron chi connectivity index (χ1n) is 2.90. The van der Waals surface area contributed by atoms with Crippen LogP contribution < -0.4 is 0 Å². The first-order valence-corrected chi connectivity index (χ1v) is 2.90. The molecule has 0 aliphatic rings. The summed E-state index contributed by atoms with van der Waals surface area (Å²) in [6.45, 7) is 2.30. The lowest BCUT2D eigenvalue weighted by Gasteiger charge is -2.29. The topological polar surface area (TPSA) is 20.2 Å². The molecule has 0 bridgehead atoms. The van der Waals surface area contributed by atoms with Crippen molar-refractivity contribution in [3.05, 3.63) is 0 Å². The van der Waals surface area contributed by atoms with E-state index in [-0.39, 0.29) is 6.61 Å². The maximum atomic E-state index is 8.65. The van der Waals surface area contributed by atoms with E-state index in [0.29, 0.717) is 6.04 Å². The third-order valence-electron chi connectivity index (χ3n) is 1.59. The molecular weight excluding hydrogens is 102 g/mol. The zero-order valence-corrected chi connectivity index (χ0v) is 6.18. The molecule has 0 radical (unpaired) electrons. The van der Waals surface area contributed by atoms with E-state index in [0.717, 1.165) is 4.48 Å². The van der Waals surface area contributed by atoms with Crippen LogP contribution in [0.4, 0.5) is 0 Å². The number of aliphatic hydroxyl groups excluding tert-OH is 1. The minimum atomic E-state index is 0.267. The van der Waals surface area contributed by atoms with Gasteiger partial charge < -0.3 is 9.59 Å². The molecule has 8 heavy (non-hydrogen) atoms. The van der Waals surface area contributed by atoms with Gasteiger partial charge in [-0.05, 0) is 6.92 Å². The fraction of sp³-hybridized carbons (Fsp3) is 1.00. The zero-order valence-electron chi connectivity index (χ0n) is 6.18. The molecule has 0 heterocycles. The van der Waals surface area contributed by atoms with Gasteiger partial charge in [0, 0.05) is 0 Å². The lowest BCUT2D eigenvalue weighted by molar-refractivity contribution is -0.894. The standard InChI is InChI=1S/C6H16NO/c1-6(5-8)7(2,3)4/h6,8H,5H2,1-4H3/q+1/t6-/m1/s1. The van der Waals surface area contributed by atoms with E-state index in [4.69, 9.17) is 5.11 Å². The molecule has 0 saturated heterocycles. The van der Waals surface area contributed by atoms with E-state index in [9.17, 15) is 0 Å². The number of hydrogen-bond donors (Lipinski definition) is 1. The van der Waals surface area contributed by atoms with Crippen LogP contribution in [0.25, 0.3) is 0 Å². The molecule has 0 aromatic carbocycles. The van der Waals surface area contributed by atoms with Crippen LogP contribution in [0.3, 0.4) is 0 Å². The molecule has 50 valence electrons. The van der Waals surface area contributed by atoms with E-state index in [1.165, 1.54) is 0 Å². The summed E-state index contributed by atoms with van der Waals surface area (Å²) in [4.78, 5) is 0. The SMILES string of the molecule is C[C@H](CO)[N+](C)(C)C. The van der Waals surface area contributed by atoms with Gasteiger partial charge in [0.15, 0.2) is 0 Å². The maximum Gasteiger partial charge on any atom is 0.109 e. The highest BCUT2D eigenvalue weighted by atomic mass is 16.3. The number of nitrogens with zero attached hydrogens (tertiary/aromatic N) is 1. The van der Waals surface area contributed by atoms with Crippen LogP contribution in [0.5, 0.6) is 0 Å². The summed E-state index contributed by atoms with van der Waals surface area (Å²) in [5.74, 6) is 0. The molecular formula is C6H16NO+. The van der Waals surface area contributed by atoms with Gasteiger partial charge in [-0.1, -0.05) is 0 Å². The minimum Gasteiger partial charge on any atom is -0.390 e. The van der Waals surface area contributed by atoms with Crippen molar-refractivity contribution in [1.29, 1.82) is 0 Å². The van der Waals surface area contributed by atoms with Gasteiger partial charge >= 0.3 is 0 Å². The lowest BCUT2D eigenvalue weighted by atomic mass is 10.3. The van der Waals surface area contributed by atoms with Crippen LogP contribution in [0.1, 0.15) is 6.92 Å². The van der Waals surface area contributed by atoms with E-state index in [1.807, 2.05) is 6.92 Å². The van der Waals surface area contributed by atoms with E-state index >= 15 is 0 Å². The van der Waals surface area contributed by atoms with Crippen molar-refractivity contribution >= 4 is 0 Å². The summed E-state index contributed by atoms with van der Waals surface area (Å²) in [5.41, 5.74) is 0. The van der Waals surface area contributed by atoms with Crippen molar-refractivity contribution in [3.63, 3.8) is 0 Å². The Labute approximate surface area is 51.3 Å². The van der Waals surface area contributed by atoms with Crippen molar-refractivity contribution in [2.75, 3.05) is 27.7 Å². The Morgan fingerprint density at radius 3 is 1.75 bits per heavy atom. The van der Waals surface area contributed by atoms with Gasteiger partial charge in [-0.15, -0.1) is 0 Å². The second kappa shape index (κ2) is 2.46. The molecule has 2 heteroatoms. The van der Waals surface area contributed by atoms with Crippen molar-refractivity contribution in [2.24, 2.45) is 0 Å². The molecule has 0 aromatic rings. The second-order valence-corrected chi connectivity index (χ2v) is 3.15. The second-order valence-electron chi connectivity index (χ2n) is 3.15. The average molecular weight is 118 g/mol. The molecule has 0 aliphatic heterocycles. The highest BCUT2D eigenvalue weighted by Crippen LogP contribution is 1.98. The van der Waals surface area contributed by atoms with Crippen LogP contribution in [0.2, 0.25) is 0 Å². The summed E-state index contributed by atoms with van der Waals surface area (Å²) in [6.07, 6.45) is 0. The molecule has 0 aromatic heterocycles. The van der Waals surface area contributed by atoms with Gasteiger partial charge in [0.2, 0.25) is 0 Å². The van der Waals surface area contributed by atoms with Crippen LogP contribution in [-0.4, -0.2) is 43.4 Å². The highest BCUT2D eigenvalue weighted by Gasteiger charge is 2.15. The number of aliphatic hydroxyl groups is 1. The molecule has 0 saturated carbocycles.